The Morgan fingerprint density at radius 3 is 2.52 bits per heavy atom. The largest absolute Gasteiger partial charge is 0.497 e. The second-order valence-corrected chi connectivity index (χ2v) is 9.35. The molecule has 172 valence electrons. The Kier molecular flexibility index (Phi) is 6.50. The highest BCUT2D eigenvalue weighted by Crippen LogP contribution is 2.26. The summed E-state index contributed by atoms with van der Waals surface area (Å²) in [6, 6.07) is 18.7. The zero-order valence-electron chi connectivity index (χ0n) is 18.1. The van der Waals surface area contributed by atoms with Crippen LogP contribution in [0.25, 0.3) is 0 Å². The minimum absolute atomic E-state index is 0.0483. The molecule has 7 nitrogen and oxygen atoms in total. The molecule has 33 heavy (non-hydrogen) atoms. The summed E-state index contributed by atoms with van der Waals surface area (Å²) >= 11 is 0. The molecule has 0 atom stereocenters. The van der Waals surface area contributed by atoms with Crippen molar-refractivity contribution in [1.82, 2.24) is 4.90 Å². The van der Waals surface area contributed by atoms with Gasteiger partial charge in [0.15, 0.2) is 0 Å². The second-order valence-electron chi connectivity index (χ2n) is 7.67. The van der Waals surface area contributed by atoms with Gasteiger partial charge >= 0.3 is 6.03 Å². The lowest BCUT2D eigenvalue weighted by molar-refractivity contribution is 0.192. The molecule has 3 aromatic carbocycles. The van der Waals surface area contributed by atoms with Crippen molar-refractivity contribution in [3.05, 3.63) is 84.2 Å². The molecule has 1 fully saturated rings. The molecule has 3 aromatic rings. The first-order valence-electron chi connectivity index (χ1n) is 10.4. The van der Waals surface area contributed by atoms with Crippen LogP contribution in [0.15, 0.2) is 77.7 Å². The number of hydrogen-bond donors (Lipinski definition) is 1. The van der Waals surface area contributed by atoms with Crippen molar-refractivity contribution >= 4 is 27.4 Å². The normalized spacial score (nSPS) is 14.3. The van der Waals surface area contributed by atoms with E-state index < -0.39 is 15.8 Å². The molecule has 2 amide bonds. The molecule has 0 bridgehead atoms. The van der Waals surface area contributed by atoms with Crippen LogP contribution < -0.4 is 14.4 Å². The van der Waals surface area contributed by atoms with Gasteiger partial charge in [-0.15, -0.1) is 0 Å². The Bertz CT molecular complexity index is 1250. The van der Waals surface area contributed by atoms with Gasteiger partial charge < -0.3 is 9.64 Å². The molecule has 0 aliphatic carbocycles. The van der Waals surface area contributed by atoms with Gasteiger partial charge in [0.05, 0.1) is 17.7 Å². The van der Waals surface area contributed by atoms with Crippen LogP contribution in [0.1, 0.15) is 12.0 Å². The van der Waals surface area contributed by atoms with Gasteiger partial charge in [0.25, 0.3) is 10.0 Å². The molecule has 9 heteroatoms. The number of benzene rings is 3. The van der Waals surface area contributed by atoms with Gasteiger partial charge in [-0.25, -0.2) is 17.6 Å². The highest BCUT2D eigenvalue weighted by Gasteiger charge is 2.27. The van der Waals surface area contributed by atoms with Crippen molar-refractivity contribution in [2.24, 2.45) is 0 Å². The number of amides is 2. The summed E-state index contributed by atoms with van der Waals surface area (Å²) in [5.74, 6) is 0.216. The SMILES string of the molecule is COc1cccc(CN2CCCN(c3cccc(NS(=O)(=O)c4ccc(F)cc4)c3)C2=O)c1. The first-order chi connectivity index (χ1) is 15.9. The summed E-state index contributed by atoms with van der Waals surface area (Å²) in [4.78, 5) is 16.5. The molecule has 0 unspecified atom stereocenters. The third-order valence-corrected chi connectivity index (χ3v) is 6.75. The summed E-state index contributed by atoms with van der Waals surface area (Å²) in [5.41, 5.74) is 1.87. The van der Waals surface area contributed by atoms with Crippen LogP contribution in [0, 0.1) is 5.82 Å². The molecule has 0 radical (unpaired) electrons. The molecule has 1 N–H and O–H groups in total. The van der Waals surface area contributed by atoms with Crippen molar-refractivity contribution < 1.29 is 22.3 Å². The number of halogens is 1. The average molecular weight is 470 g/mol. The lowest BCUT2D eigenvalue weighted by Crippen LogP contribution is -2.49. The van der Waals surface area contributed by atoms with Gasteiger partial charge in [-0.2, -0.15) is 0 Å². The number of nitrogens with one attached hydrogen (secondary N) is 1. The number of carbonyl (C=O) groups excluding carboxylic acids is 1. The number of urea groups is 1. The molecular formula is C24H24FN3O4S. The minimum atomic E-state index is -3.89. The van der Waals surface area contributed by atoms with Gasteiger partial charge in [-0.1, -0.05) is 18.2 Å². The Balaban J connectivity index is 1.51. The van der Waals surface area contributed by atoms with E-state index in [-0.39, 0.29) is 10.9 Å². The van der Waals surface area contributed by atoms with E-state index in [9.17, 15) is 17.6 Å². The van der Waals surface area contributed by atoms with Gasteiger partial charge in [0.2, 0.25) is 0 Å². The van der Waals surface area contributed by atoms with E-state index in [2.05, 4.69) is 4.72 Å². The Hall–Kier alpha value is -3.59. The Morgan fingerprint density at radius 1 is 1.00 bits per heavy atom. The molecule has 0 spiro atoms. The van der Waals surface area contributed by atoms with Crippen molar-refractivity contribution in [1.29, 1.82) is 0 Å². The lowest BCUT2D eigenvalue weighted by Gasteiger charge is -2.36. The number of ether oxygens (including phenoxy) is 1. The van der Waals surface area contributed by atoms with E-state index in [0.29, 0.717) is 31.0 Å². The summed E-state index contributed by atoms with van der Waals surface area (Å²) < 4.78 is 46.2. The molecule has 1 aliphatic heterocycles. The van der Waals surface area contributed by atoms with E-state index in [1.165, 1.54) is 12.1 Å². The van der Waals surface area contributed by atoms with Crippen molar-refractivity contribution in [3.63, 3.8) is 0 Å². The number of rotatable bonds is 7. The van der Waals surface area contributed by atoms with Gasteiger partial charge in [-0.05, 0) is 66.6 Å². The van der Waals surface area contributed by atoms with Crippen LogP contribution in [-0.2, 0) is 16.6 Å². The van der Waals surface area contributed by atoms with Crippen LogP contribution in [0.2, 0.25) is 0 Å². The molecule has 1 heterocycles. The fourth-order valence-electron chi connectivity index (χ4n) is 3.72. The predicted molar refractivity (Wildman–Crippen MR) is 124 cm³/mol. The van der Waals surface area contributed by atoms with E-state index in [1.54, 1.807) is 41.2 Å². The van der Waals surface area contributed by atoms with Gasteiger partial charge in [0.1, 0.15) is 11.6 Å². The number of anilines is 2. The molecule has 4 rings (SSSR count). The lowest BCUT2D eigenvalue weighted by atomic mass is 10.1. The average Bonchev–Trinajstić information content (AvgIpc) is 2.81. The van der Waals surface area contributed by atoms with E-state index in [4.69, 9.17) is 4.74 Å². The first-order valence-corrected chi connectivity index (χ1v) is 11.9. The summed E-state index contributed by atoms with van der Waals surface area (Å²) in [7, 11) is -2.29. The zero-order valence-corrected chi connectivity index (χ0v) is 18.9. The van der Waals surface area contributed by atoms with Crippen LogP contribution in [-0.4, -0.2) is 39.5 Å². The topological polar surface area (TPSA) is 79.0 Å². The number of carbonyl (C=O) groups is 1. The quantitative estimate of drug-likeness (QED) is 0.554. The van der Waals surface area contributed by atoms with E-state index in [1.807, 2.05) is 24.3 Å². The zero-order chi connectivity index (χ0) is 23.4. The van der Waals surface area contributed by atoms with Crippen LogP contribution in [0.4, 0.5) is 20.6 Å². The third kappa shape index (κ3) is 5.25. The monoisotopic (exact) mass is 469 g/mol. The van der Waals surface area contributed by atoms with Gasteiger partial charge in [-0.3, -0.25) is 9.62 Å². The Morgan fingerprint density at radius 2 is 1.76 bits per heavy atom. The molecule has 0 saturated carbocycles. The molecule has 1 aliphatic rings. The highest BCUT2D eigenvalue weighted by molar-refractivity contribution is 7.92. The Labute approximate surface area is 192 Å². The molecule has 1 saturated heterocycles. The summed E-state index contributed by atoms with van der Waals surface area (Å²) in [5, 5.41) is 0. The van der Waals surface area contributed by atoms with Crippen LogP contribution in [0.3, 0.4) is 0 Å². The first kappa shape index (κ1) is 22.6. The highest BCUT2D eigenvalue weighted by atomic mass is 32.2. The smallest absolute Gasteiger partial charge is 0.324 e. The maximum Gasteiger partial charge on any atom is 0.324 e. The fraction of sp³-hybridized carbons (Fsp3) is 0.208. The molecular weight excluding hydrogens is 445 g/mol. The minimum Gasteiger partial charge on any atom is -0.497 e. The van der Waals surface area contributed by atoms with E-state index >= 15 is 0 Å². The second kappa shape index (κ2) is 9.50. The van der Waals surface area contributed by atoms with Crippen LogP contribution in [0.5, 0.6) is 5.75 Å². The maximum atomic E-state index is 13.2. The van der Waals surface area contributed by atoms with Gasteiger partial charge in [0, 0.05) is 25.3 Å². The van der Waals surface area contributed by atoms with Crippen molar-refractivity contribution in [2.45, 2.75) is 17.9 Å². The summed E-state index contributed by atoms with van der Waals surface area (Å²) in [6.07, 6.45) is 0.779. The predicted octanol–water partition coefficient (Wildman–Crippen LogP) is 4.47. The standard InChI is InChI=1S/C24H24FN3O4S/c1-32-22-8-2-5-18(15-22)17-27-13-4-14-28(24(27)29)21-7-3-6-20(16-21)26-33(30,31)23-11-9-19(25)10-12-23/h2-3,5-12,15-16,26H,4,13-14,17H2,1H3. The number of hydrogen-bond acceptors (Lipinski definition) is 4. The number of methoxy groups -OCH3 is 1. The fourth-order valence-corrected chi connectivity index (χ4v) is 4.77. The van der Waals surface area contributed by atoms with Crippen LogP contribution >= 0.6 is 0 Å². The van der Waals surface area contributed by atoms with Crippen molar-refractivity contribution in [2.75, 3.05) is 29.8 Å². The summed E-state index contributed by atoms with van der Waals surface area (Å²) in [6.45, 7) is 1.61. The van der Waals surface area contributed by atoms with E-state index in [0.717, 1.165) is 29.9 Å². The maximum absolute atomic E-state index is 13.2. The van der Waals surface area contributed by atoms with Crippen molar-refractivity contribution in [3.8, 4) is 5.75 Å². The number of sulfonamides is 1. The molecule has 0 aromatic heterocycles. The number of nitrogens with zero attached hydrogens (tertiary/aromatic N) is 2. The third-order valence-electron chi connectivity index (χ3n) is 5.35.